The Balaban J connectivity index is 1.75. The van der Waals surface area contributed by atoms with Crippen LogP contribution in [0.5, 0.6) is 0 Å². The number of nitrogens with zero attached hydrogens (tertiary/aromatic N) is 3. The lowest BCUT2D eigenvalue weighted by Gasteiger charge is -2.16. The zero-order valence-corrected chi connectivity index (χ0v) is 12.6. The number of ether oxygens (including phenoxy) is 1. The van der Waals surface area contributed by atoms with Gasteiger partial charge in [0.2, 0.25) is 5.95 Å². The van der Waals surface area contributed by atoms with Gasteiger partial charge in [-0.2, -0.15) is 9.97 Å². The molecule has 3 rings (SSSR count). The summed E-state index contributed by atoms with van der Waals surface area (Å²) < 4.78 is 5.20. The third kappa shape index (κ3) is 3.07. The molecule has 1 aliphatic carbocycles. The number of anilines is 2. The van der Waals surface area contributed by atoms with Gasteiger partial charge in [0.15, 0.2) is 11.5 Å². The topological polar surface area (TPSA) is 87.8 Å². The van der Waals surface area contributed by atoms with Gasteiger partial charge in [-0.3, -0.25) is 0 Å². The molecule has 0 aliphatic heterocycles. The maximum Gasteiger partial charge on any atom is 0.226 e. The van der Waals surface area contributed by atoms with E-state index in [0.29, 0.717) is 17.0 Å². The molecule has 0 bridgehead atoms. The summed E-state index contributed by atoms with van der Waals surface area (Å²) in [6, 6.07) is 0. The van der Waals surface area contributed by atoms with E-state index < -0.39 is 0 Å². The summed E-state index contributed by atoms with van der Waals surface area (Å²) in [6.45, 7) is 4.53. The Hall–Kier alpha value is -1.89. The lowest BCUT2D eigenvalue weighted by molar-refractivity contribution is 0.175. The molecule has 7 heteroatoms. The molecule has 2 heterocycles. The average Bonchev–Trinajstić information content (AvgIpc) is 3.10. The van der Waals surface area contributed by atoms with Gasteiger partial charge in [0, 0.05) is 26.8 Å². The maximum absolute atomic E-state index is 5.20. The van der Waals surface area contributed by atoms with Crippen LogP contribution in [0.15, 0.2) is 6.33 Å². The summed E-state index contributed by atoms with van der Waals surface area (Å²) in [5.74, 6) is 1.43. The molecule has 0 unspecified atom stereocenters. The van der Waals surface area contributed by atoms with Crippen molar-refractivity contribution < 1.29 is 4.74 Å². The zero-order valence-electron chi connectivity index (χ0n) is 12.6. The molecule has 1 fully saturated rings. The number of aromatic nitrogens is 4. The lowest BCUT2D eigenvalue weighted by atomic mass is 10.0. The smallest absolute Gasteiger partial charge is 0.226 e. The van der Waals surface area contributed by atoms with Gasteiger partial charge in [-0.1, -0.05) is 0 Å². The molecule has 114 valence electrons. The van der Waals surface area contributed by atoms with Gasteiger partial charge in [0.05, 0.1) is 6.33 Å². The number of H-pyrrole nitrogens is 1. The minimum atomic E-state index is 0.367. The molecule has 2 aromatic heterocycles. The quantitative estimate of drug-likeness (QED) is 0.689. The number of fused-ring (bicyclic) bond motifs is 1. The molecular weight excluding hydrogens is 268 g/mol. The van der Waals surface area contributed by atoms with E-state index in [-0.39, 0.29) is 0 Å². The van der Waals surface area contributed by atoms with Crippen LogP contribution in [0.25, 0.3) is 11.2 Å². The average molecular weight is 290 g/mol. The molecule has 0 spiro atoms. The normalized spacial score (nSPS) is 16.1. The Morgan fingerprint density at radius 2 is 2.19 bits per heavy atom. The molecule has 3 N–H and O–H groups in total. The summed E-state index contributed by atoms with van der Waals surface area (Å²) in [5.41, 5.74) is 1.91. The Morgan fingerprint density at radius 3 is 2.90 bits per heavy atom. The largest absolute Gasteiger partial charge is 0.385 e. The van der Waals surface area contributed by atoms with E-state index in [0.717, 1.165) is 37.5 Å². The Labute approximate surface area is 123 Å². The van der Waals surface area contributed by atoms with Crippen LogP contribution >= 0.6 is 0 Å². The standard InChI is InChI=1S/C14H22N6O/c1-3-15-13-19-11(10-12(20-13)18-9-17-10)16-8-14(4-5-14)6-7-21-2/h9H,3-8H2,1-2H3,(H3,15,16,17,18,19,20). The second-order valence-electron chi connectivity index (χ2n) is 5.62. The van der Waals surface area contributed by atoms with E-state index in [1.165, 1.54) is 12.8 Å². The first-order valence-corrected chi connectivity index (χ1v) is 7.44. The van der Waals surface area contributed by atoms with Crippen LogP contribution in [0.3, 0.4) is 0 Å². The number of rotatable bonds is 8. The Kier molecular flexibility index (Phi) is 3.92. The molecule has 7 nitrogen and oxygen atoms in total. The van der Waals surface area contributed by atoms with Crippen LogP contribution in [-0.2, 0) is 4.74 Å². The monoisotopic (exact) mass is 290 g/mol. The SMILES string of the molecule is CCNc1nc(NCC2(CCOC)CC2)c2[nH]cnc2n1. The molecule has 1 saturated carbocycles. The summed E-state index contributed by atoms with van der Waals surface area (Å²) in [4.78, 5) is 16.2. The number of methoxy groups -OCH3 is 1. The van der Waals surface area contributed by atoms with Gasteiger partial charge < -0.3 is 20.4 Å². The second-order valence-corrected chi connectivity index (χ2v) is 5.62. The van der Waals surface area contributed by atoms with Gasteiger partial charge in [-0.15, -0.1) is 0 Å². The zero-order chi connectivity index (χ0) is 14.7. The van der Waals surface area contributed by atoms with Crippen molar-refractivity contribution in [3.05, 3.63) is 6.33 Å². The molecule has 0 saturated heterocycles. The first kappa shape index (κ1) is 14.1. The van der Waals surface area contributed by atoms with Crippen LogP contribution in [0, 0.1) is 5.41 Å². The molecule has 21 heavy (non-hydrogen) atoms. The molecule has 0 atom stereocenters. The second kappa shape index (κ2) is 5.85. The fraction of sp³-hybridized carbons (Fsp3) is 0.643. The number of nitrogens with one attached hydrogen (secondary N) is 3. The summed E-state index contributed by atoms with van der Waals surface area (Å²) >= 11 is 0. The van der Waals surface area contributed by atoms with Crippen molar-refractivity contribution in [2.75, 3.05) is 37.4 Å². The summed E-state index contributed by atoms with van der Waals surface area (Å²) in [5, 5.41) is 6.61. The summed E-state index contributed by atoms with van der Waals surface area (Å²) in [6.07, 6.45) is 5.24. The van der Waals surface area contributed by atoms with E-state index in [1.54, 1.807) is 13.4 Å². The summed E-state index contributed by atoms with van der Waals surface area (Å²) in [7, 11) is 1.75. The van der Waals surface area contributed by atoms with Crippen molar-refractivity contribution in [1.82, 2.24) is 19.9 Å². The number of hydrogen-bond donors (Lipinski definition) is 3. The molecule has 0 radical (unpaired) electrons. The highest BCUT2D eigenvalue weighted by Crippen LogP contribution is 2.48. The fourth-order valence-electron chi connectivity index (χ4n) is 2.48. The number of hydrogen-bond acceptors (Lipinski definition) is 6. The number of aromatic amines is 1. The van der Waals surface area contributed by atoms with Crippen LogP contribution in [-0.4, -0.2) is 46.7 Å². The van der Waals surface area contributed by atoms with Crippen LogP contribution in [0.1, 0.15) is 26.2 Å². The first-order valence-electron chi connectivity index (χ1n) is 7.44. The highest BCUT2D eigenvalue weighted by atomic mass is 16.5. The van der Waals surface area contributed by atoms with Crippen molar-refractivity contribution in [1.29, 1.82) is 0 Å². The van der Waals surface area contributed by atoms with E-state index in [4.69, 9.17) is 4.74 Å². The minimum absolute atomic E-state index is 0.367. The minimum Gasteiger partial charge on any atom is -0.385 e. The highest BCUT2D eigenvalue weighted by Gasteiger charge is 2.41. The highest BCUT2D eigenvalue weighted by molar-refractivity contribution is 5.83. The van der Waals surface area contributed by atoms with Gasteiger partial charge >= 0.3 is 0 Å². The molecule has 1 aliphatic rings. The Morgan fingerprint density at radius 1 is 1.33 bits per heavy atom. The lowest BCUT2D eigenvalue weighted by Crippen LogP contribution is -2.18. The van der Waals surface area contributed by atoms with Crippen molar-refractivity contribution >= 4 is 22.9 Å². The van der Waals surface area contributed by atoms with Crippen LogP contribution < -0.4 is 10.6 Å². The Bertz CT molecular complexity index is 607. The van der Waals surface area contributed by atoms with Crippen molar-refractivity contribution in [3.8, 4) is 0 Å². The predicted octanol–water partition coefficient (Wildman–Crippen LogP) is 2.01. The maximum atomic E-state index is 5.20. The van der Waals surface area contributed by atoms with Gasteiger partial charge in [-0.25, -0.2) is 4.98 Å². The van der Waals surface area contributed by atoms with E-state index >= 15 is 0 Å². The molecule has 2 aromatic rings. The van der Waals surface area contributed by atoms with Gasteiger partial charge in [0.25, 0.3) is 0 Å². The van der Waals surface area contributed by atoms with Gasteiger partial charge in [-0.05, 0) is 31.6 Å². The predicted molar refractivity (Wildman–Crippen MR) is 82.5 cm³/mol. The number of imidazole rings is 1. The molecule has 0 aromatic carbocycles. The fourth-order valence-corrected chi connectivity index (χ4v) is 2.48. The molecule has 0 amide bonds. The van der Waals surface area contributed by atoms with Crippen molar-refractivity contribution in [2.24, 2.45) is 5.41 Å². The van der Waals surface area contributed by atoms with Crippen molar-refractivity contribution in [2.45, 2.75) is 26.2 Å². The third-order valence-corrected chi connectivity index (χ3v) is 4.04. The van der Waals surface area contributed by atoms with Crippen molar-refractivity contribution in [3.63, 3.8) is 0 Å². The third-order valence-electron chi connectivity index (χ3n) is 4.04. The van der Waals surface area contributed by atoms with Crippen LogP contribution in [0.2, 0.25) is 0 Å². The van der Waals surface area contributed by atoms with E-state index in [1.807, 2.05) is 6.92 Å². The first-order chi connectivity index (χ1) is 10.3. The van der Waals surface area contributed by atoms with Gasteiger partial charge in [0.1, 0.15) is 5.52 Å². The van der Waals surface area contributed by atoms with Crippen LogP contribution in [0.4, 0.5) is 11.8 Å². The van der Waals surface area contributed by atoms with E-state index in [9.17, 15) is 0 Å². The van der Waals surface area contributed by atoms with E-state index in [2.05, 4.69) is 30.6 Å². The molecular formula is C14H22N6O.